The van der Waals surface area contributed by atoms with E-state index in [-0.39, 0.29) is 5.38 Å². The Hall–Kier alpha value is -0.490. The number of hydrogen-bond acceptors (Lipinski definition) is 0. The van der Waals surface area contributed by atoms with E-state index >= 15 is 0 Å². The van der Waals surface area contributed by atoms with E-state index in [0.29, 0.717) is 5.92 Å². The molecule has 2 aliphatic carbocycles. The molecular formula is C16H21Cl. The second-order valence-electron chi connectivity index (χ2n) is 6.21. The fraction of sp³-hybridized carbons (Fsp3) is 0.625. The van der Waals surface area contributed by atoms with Gasteiger partial charge in [0.25, 0.3) is 0 Å². The van der Waals surface area contributed by atoms with Crippen LogP contribution in [0.4, 0.5) is 0 Å². The van der Waals surface area contributed by atoms with Crippen LogP contribution in [-0.4, -0.2) is 0 Å². The lowest BCUT2D eigenvalue weighted by molar-refractivity contribution is 0.471. The molecular weight excluding hydrogens is 228 g/mol. The summed E-state index contributed by atoms with van der Waals surface area (Å²) in [6.45, 7) is 4.47. The lowest BCUT2D eigenvalue weighted by atomic mass is 9.92. The van der Waals surface area contributed by atoms with Crippen LogP contribution in [-0.2, 0) is 0 Å². The van der Waals surface area contributed by atoms with Crippen LogP contribution >= 0.6 is 11.6 Å². The first-order chi connectivity index (χ1) is 8.15. The first kappa shape index (κ1) is 11.6. The minimum absolute atomic E-state index is 0.240. The molecule has 0 heterocycles. The number of hydrogen-bond donors (Lipinski definition) is 0. The van der Waals surface area contributed by atoms with Crippen LogP contribution in [0.5, 0.6) is 0 Å². The molecule has 3 rings (SSSR count). The van der Waals surface area contributed by atoms with E-state index in [4.69, 9.17) is 11.6 Å². The maximum absolute atomic E-state index is 6.63. The van der Waals surface area contributed by atoms with Gasteiger partial charge in [0.1, 0.15) is 0 Å². The van der Waals surface area contributed by atoms with E-state index in [1.807, 2.05) is 0 Å². The van der Waals surface area contributed by atoms with Gasteiger partial charge < -0.3 is 0 Å². The van der Waals surface area contributed by atoms with Gasteiger partial charge in [0.2, 0.25) is 0 Å². The van der Waals surface area contributed by atoms with Gasteiger partial charge in [0.05, 0.1) is 5.38 Å². The quantitative estimate of drug-likeness (QED) is 0.650. The Kier molecular flexibility index (Phi) is 2.94. The van der Waals surface area contributed by atoms with Crippen molar-refractivity contribution < 1.29 is 0 Å². The third-order valence-corrected chi connectivity index (χ3v) is 5.22. The molecule has 0 bridgehead atoms. The van der Waals surface area contributed by atoms with E-state index < -0.39 is 0 Å². The maximum atomic E-state index is 6.63. The summed E-state index contributed by atoms with van der Waals surface area (Å²) in [5, 5.41) is 0.240. The molecule has 2 aliphatic rings. The van der Waals surface area contributed by atoms with E-state index in [1.165, 1.54) is 30.4 Å². The van der Waals surface area contributed by atoms with E-state index in [9.17, 15) is 0 Å². The molecule has 1 aromatic rings. The van der Waals surface area contributed by atoms with Crippen molar-refractivity contribution in [3.63, 3.8) is 0 Å². The molecule has 17 heavy (non-hydrogen) atoms. The Labute approximate surface area is 109 Å². The van der Waals surface area contributed by atoms with Crippen LogP contribution < -0.4 is 0 Å². The van der Waals surface area contributed by atoms with Gasteiger partial charge in [-0.25, -0.2) is 0 Å². The summed E-state index contributed by atoms with van der Waals surface area (Å²) in [5.74, 6) is 3.38. The predicted octanol–water partition coefficient (Wildman–Crippen LogP) is 5.14. The molecule has 0 spiro atoms. The van der Waals surface area contributed by atoms with Crippen molar-refractivity contribution in [2.24, 2.45) is 17.8 Å². The van der Waals surface area contributed by atoms with Crippen molar-refractivity contribution in [1.82, 2.24) is 0 Å². The highest BCUT2D eigenvalue weighted by Crippen LogP contribution is 2.58. The normalized spacial score (nSPS) is 32.6. The SMILES string of the molecule is CC(C)c1ccc(C(Cl)C2CC3CC3C2)cc1. The number of halogens is 1. The smallest absolute Gasteiger partial charge is 0.0613 e. The third kappa shape index (κ3) is 2.25. The number of rotatable bonds is 3. The van der Waals surface area contributed by atoms with Gasteiger partial charge in [-0.1, -0.05) is 38.1 Å². The van der Waals surface area contributed by atoms with Crippen LogP contribution in [0.2, 0.25) is 0 Å². The Morgan fingerprint density at radius 2 is 1.47 bits per heavy atom. The molecule has 3 atom stereocenters. The lowest BCUT2D eigenvalue weighted by Gasteiger charge is -2.19. The maximum Gasteiger partial charge on any atom is 0.0613 e. The fourth-order valence-electron chi connectivity index (χ4n) is 3.34. The summed E-state index contributed by atoms with van der Waals surface area (Å²) >= 11 is 6.63. The molecule has 0 radical (unpaired) electrons. The van der Waals surface area contributed by atoms with Crippen molar-refractivity contribution in [1.29, 1.82) is 0 Å². The molecule has 3 unspecified atom stereocenters. The van der Waals surface area contributed by atoms with Crippen molar-refractivity contribution in [3.05, 3.63) is 35.4 Å². The van der Waals surface area contributed by atoms with Crippen molar-refractivity contribution in [2.45, 2.75) is 44.4 Å². The molecule has 0 saturated heterocycles. The van der Waals surface area contributed by atoms with Gasteiger partial charge in [0.15, 0.2) is 0 Å². The highest BCUT2D eigenvalue weighted by molar-refractivity contribution is 6.21. The van der Waals surface area contributed by atoms with E-state index in [1.54, 1.807) is 0 Å². The average molecular weight is 249 g/mol. The first-order valence-electron chi connectivity index (χ1n) is 6.89. The van der Waals surface area contributed by atoms with Gasteiger partial charge in [-0.3, -0.25) is 0 Å². The van der Waals surface area contributed by atoms with Gasteiger partial charge >= 0.3 is 0 Å². The second-order valence-corrected chi connectivity index (χ2v) is 6.68. The standard InChI is InChI=1S/C16H21Cl/c1-10(2)11-3-5-12(6-4-11)16(17)15-8-13-7-14(13)9-15/h3-6,10,13-16H,7-9H2,1-2H3. The summed E-state index contributed by atoms with van der Waals surface area (Å²) in [6, 6.07) is 8.95. The van der Waals surface area contributed by atoms with Crippen LogP contribution in [0.15, 0.2) is 24.3 Å². The average Bonchev–Trinajstić information content (AvgIpc) is 2.95. The zero-order valence-corrected chi connectivity index (χ0v) is 11.5. The number of benzene rings is 1. The minimum Gasteiger partial charge on any atom is -0.118 e. The third-order valence-electron chi connectivity index (χ3n) is 4.62. The van der Waals surface area contributed by atoms with E-state index in [2.05, 4.69) is 38.1 Å². The molecule has 1 aromatic carbocycles. The molecule has 0 aromatic heterocycles. The van der Waals surface area contributed by atoms with Crippen molar-refractivity contribution in [2.75, 3.05) is 0 Å². The zero-order valence-electron chi connectivity index (χ0n) is 10.7. The highest BCUT2D eigenvalue weighted by Gasteiger charge is 2.47. The van der Waals surface area contributed by atoms with Gasteiger partial charge in [0, 0.05) is 0 Å². The summed E-state index contributed by atoms with van der Waals surface area (Å²) in [5.41, 5.74) is 2.73. The lowest BCUT2D eigenvalue weighted by Crippen LogP contribution is -2.06. The van der Waals surface area contributed by atoms with Gasteiger partial charge in [-0.2, -0.15) is 0 Å². The highest BCUT2D eigenvalue weighted by atomic mass is 35.5. The Bertz CT molecular complexity index is 382. The largest absolute Gasteiger partial charge is 0.118 e. The summed E-state index contributed by atoms with van der Waals surface area (Å²) in [6.07, 6.45) is 4.21. The fourth-order valence-corrected chi connectivity index (χ4v) is 3.69. The Morgan fingerprint density at radius 3 is 2.00 bits per heavy atom. The molecule has 2 saturated carbocycles. The van der Waals surface area contributed by atoms with Crippen LogP contribution in [0.3, 0.4) is 0 Å². The number of alkyl halides is 1. The second kappa shape index (κ2) is 4.31. The van der Waals surface area contributed by atoms with Gasteiger partial charge in [-0.15, -0.1) is 11.6 Å². The molecule has 0 amide bonds. The van der Waals surface area contributed by atoms with Gasteiger partial charge in [-0.05, 0) is 54.1 Å². The van der Waals surface area contributed by atoms with Crippen molar-refractivity contribution in [3.8, 4) is 0 Å². The zero-order chi connectivity index (χ0) is 12.0. The monoisotopic (exact) mass is 248 g/mol. The minimum atomic E-state index is 0.240. The summed E-state index contributed by atoms with van der Waals surface area (Å²) in [7, 11) is 0. The summed E-state index contributed by atoms with van der Waals surface area (Å²) in [4.78, 5) is 0. The van der Waals surface area contributed by atoms with Crippen LogP contribution in [0.25, 0.3) is 0 Å². The van der Waals surface area contributed by atoms with E-state index in [0.717, 1.165) is 17.8 Å². The van der Waals surface area contributed by atoms with Crippen LogP contribution in [0, 0.1) is 17.8 Å². The molecule has 2 fully saturated rings. The molecule has 0 nitrogen and oxygen atoms in total. The van der Waals surface area contributed by atoms with Crippen molar-refractivity contribution >= 4 is 11.6 Å². The molecule has 0 aliphatic heterocycles. The summed E-state index contributed by atoms with van der Waals surface area (Å²) < 4.78 is 0. The molecule has 1 heteroatoms. The number of fused-ring (bicyclic) bond motifs is 1. The molecule has 92 valence electrons. The molecule has 0 N–H and O–H groups in total. The Morgan fingerprint density at radius 1 is 0.941 bits per heavy atom. The van der Waals surface area contributed by atoms with Crippen LogP contribution in [0.1, 0.15) is 55.5 Å². The first-order valence-corrected chi connectivity index (χ1v) is 7.32. The topological polar surface area (TPSA) is 0 Å². The Balaban J connectivity index is 1.70. The predicted molar refractivity (Wildman–Crippen MR) is 73.4 cm³/mol.